The van der Waals surface area contributed by atoms with E-state index >= 15 is 0 Å². The van der Waals surface area contributed by atoms with E-state index in [1.165, 1.54) is 148 Å². The van der Waals surface area contributed by atoms with Crippen LogP contribution in [0.15, 0.2) is 48.5 Å². The van der Waals surface area contributed by atoms with Crippen molar-refractivity contribution in [2.24, 2.45) is 0 Å². The number of unbranched alkanes of at least 4 members (excludes halogenated alkanes) is 18. The molecule has 3 aromatic rings. The van der Waals surface area contributed by atoms with Gasteiger partial charge in [0.05, 0.1) is 13.2 Å². The Labute approximate surface area is 281 Å². The minimum absolute atomic E-state index is 0.684. The van der Waals surface area contributed by atoms with Gasteiger partial charge < -0.3 is 18.9 Å². The Kier molecular flexibility index (Phi) is 21.8. The lowest BCUT2D eigenvalue weighted by Crippen LogP contribution is -1.98. The average Bonchev–Trinajstić information content (AvgIpc) is 3.08. The van der Waals surface area contributed by atoms with Crippen LogP contribution in [0.5, 0.6) is 0 Å². The molecule has 0 aliphatic rings. The van der Waals surface area contributed by atoms with E-state index in [0.717, 1.165) is 39.3 Å². The van der Waals surface area contributed by atoms with Crippen LogP contribution in [-0.4, -0.2) is 40.6 Å². The molecule has 3 aromatic carbocycles. The van der Waals surface area contributed by atoms with Crippen molar-refractivity contribution < 1.29 is 18.9 Å². The maximum absolute atomic E-state index is 6.16. The maximum atomic E-state index is 6.16. The molecule has 0 aliphatic carbocycles. The summed E-state index contributed by atoms with van der Waals surface area (Å²) < 4.78 is 22.6. The molecular formula is C42H66O4. The van der Waals surface area contributed by atoms with Gasteiger partial charge in [0.2, 0.25) is 0 Å². The van der Waals surface area contributed by atoms with Gasteiger partial charge in [0.25, 0.3) is 0 Å². The summed E-state index contributed by atoms with van der Waals surface area (Å²) in [5.41, 5.74) is 2.57. The topological polar surface area (TPSA) is 36.9 Å². The predicted molar refractivity (Wildman–Crippen MR) is 197 cm³/mol. The fourth-order valence-electron chi connectivity index (χ4n) is 6.53. The fraction of sp³-hybridized carbons (Fsp3) is 0.667. The largest absolute Gasteiger partial charge is 0.385 e. The Morgan fingerprint density at radius 2 is 0.674 bits per heavy atom. The lowest BCUT2D eigenvalue weighted by atomic mass is 9.97. The molecule has 0 aromatic heterocycles. The normalized spacial score (nSPS) is 11.7. The van der Waals surface area contributed by atoms with Gasteiger partial charge in [-0.05, 0) is 70.5 Å². The summed E-state index contributed by atoms with van der Waals surface area (Å²) in [6.07, 6.45) is 26.2. The minimum Gasteiger partial charge on any atom is -0.385 e. The molecule has 0 N–H and O–H groups in total. The van der Waals surface area contributed by atoms with Gasteiger partial charge in [0, 0.05) is 40.6 Å². The molecule has 0 saturated heterocycles. The predicted octanol–water partition coefficient (Wildman–Crippen LogP) is 12.1. The third kappa shape index (κ3) is 16.2. The minimum atomic E-state index is 0.684. The van der Waals surface area contributed by atoms with Gasteiger partial charge in [-0.25, -0.2) is 0 Å². The Morgan fingerprint density at radius 1 is 0.370 bits per heavy atom. The average molecular weight is 635 g/mol. The van der Waals surface area contributed by atoms with E-state index < -0.39 is 0 Å². The van der Waals surface area contributed by atoms with Crippen molar-refractivity contribution in [3.8, 4) is 0 Å². The van der Waals surface area contributed by atoms with Crippen LogP contribution in [-0.2, 0) is 32.2 Å². The van der Waals surface area contributed by atoms with Crippen molar-refractivity contribution in [2.45, 2.75) is 142 Å². The molecular weight excluding hydrogens is 568 g/mol. The van der Waals surface area contributed by atoms with E-state index in [0.29, 0.717) is 13.2 Å². The van der Waals surface area contributed by atoms with Gasteiger partial charge in [0.15, 0.2) is 0 Å². The zero-order valence-corrected chi connectivity index (χ0v) is 29.6. The quantitative estimate of drug-likeness (QED) is 0.0540. The van der Waals surface area contributed by atoms with Gasteiger partial charge >= 0.3 is 0 Å². The first-order chi connectivity index (χ1) is 22.8. The molecule has 0 unspecified atom stereocenters. The van der Waals surface area contributed by atoms with Gasteiger partial charge in [-0.15, -0.1) is 0 Å². The molecule has 0 radical (unpaired) electrons. The number of rotatable bonds is 30. The second-order valence-corrected chi connectivity index (χ2v) is 13.3. The number of methoxy groups -OCH3 is 2. The van der Waals surface area contributed by atoms with E-state index in [-0.39, 0.29) is 0 Å². The summed E-state index contributed by atoms with van der Waals surface area (Å²) in [6.45, 7) is 4.89. The van der Waals surface area contributed by atoms with Gasteiger partial charge in [-0.1, -0.05) is 139 Å². The monoisotopic (exact) mass is 634 g/mol. The molecule has 0 atom stereocenters. The Balaban J connectivity index is 1.29. The highest BCUT2D eigenvalue weighted by atomic mass is 16.5. The summed E-state index contributed by atoms with van der Waals surface area (Å²) in [6, 6.07) is 18.0. The summed E-state index contributed by atoms with van der Waals surface area (Å²) in [5.74, 6) is 0. The fourth-order valence-corrected chi connectivity index (χ4v) is 6.53. The summed E-state index contributed by atoms with van der Waals surface area (Å²) in [4.78, 5) is 0. The highest BCUT2D eigenvalue weighted by Gasteiger charge is 2.07. The SMILES string of the molecule is COCCCCCCCCCCCCOCc1cccc2cc3c(COCCCCCCCCCCCCOC)cccc3cc12. The van der Waals surface area contributed by atoms with Crippen molar-refractivity contribution in [1.82, 2.24) is 0 Å². The molecule has 0 saturated carbocycles. The van der Waals surface area contributed by atoms with E-state index in [4.69, 9.17) is 18.9 Å². The molecule has 258 valence electrons. The molecule has 4 heteroatoms. The second-order valence-electron chi connectivity index (χ2n) is 13.3. The lowest BCUT2D eigenvalue weighted by molar-refractivity contribution is 0.117. The van der Waals surface area contributed by atoms with Crippen molar-refractivity contribution in [2.75, 3.05) is 40.6 Å². The van der Waals surface area contributed by atoms with Crippen molar-refractivity contribution in [1.29, 1.82) is 0 Å². The van der Waals surface area contributed by atoms with Gasteiger partial charge in [-0.3, -0.25) is 0 Å². The maximum Gasteiger partial charge on any atom is 0.0722 e. The number of ether oxygens (including phenoxy) is 4. The van der Waals surface area contributed by atoms with E-state index in [1.54, 1.807) is 14.2 Å². The highest BCUT2D eigenvalue weighted by Crippen LogP contribution is 2.29. The van der Waals surface area contributed by atoms with Crippen molar-refractivity contribution >= 4 is 21.5 Å². The van der Waals surface area contributed by atoms with Crippen LogP contribution in [0.4, 0.5) is 0 Å². The van der Waals surface area contributed by atoms with Crippen LogP contribution in [0.1, 0.15) is 140 Å². The molecule has 0 aliphatic heterocycles. The summed E-state index contributed by atoms with van der Waals surface area (Å²) >= 11 is 0. The third-order valence-electron chi connectivity index (χ3n) is 9.35. The third-order valence-corrected chi connectivity index (χ3v) is 9.35. The first-order valence-electron chi connectivity index (χ1n) is 18.9. The number of benzene rings is 3. The van der Waals surface area contributed by atoms with Gasteiger partial charge in [-0.2, -0.15) is 0 Å². The van der Waals surface area contributed by atoms with Crippen LogP contribution in [0.2, 0.25) is 0 Å². The Bertz CT molecular complexity index is 1070. The molecule has 0 amide bonds. The molecule has 46 heavy (non-hydrogen) atoms. The number of fused-ring (bicyclic) bond motifs is 2. The molecule has 0 fully saturated rings. The Hall–Kier alpha value is -1.98. The zero-order valence-electron chi connectivity index (χ0n) is 29.6. The van der Waals surface area contributed by atoms with Crippen LogP contribution in [0, 0.1) is 0 Å². The molecule has 0 bridgehead atoms. The molecule has 3 rings (SSSR count). The molecule has 0 heterocycles. The first kappa shape index (κ1) is 38.5. The van der Waals surface area contributed by atoms with Crippen LogP contribution in [0.3, 0.4) is 0 Å². The standard InChI is InChI=1S/C42H66O4/c1-43-29-19-15-11-7-3-5-9-13-17-21-31-45-35-39-27-23-25-37-34-42-38(33-41(37)39)26-24-28-40(42)36-46-32-22-18-14-10-6-4-8-12-16-20-30-44-2/h23-28,33-34H,3-22,29-32,35-36H2,1-2H3. The highest BCUT2D eigenvalue weighted by molar-refractivity contribution is 6.00. The van der Waals surface area contributed by atoms with Crippen molar-refractivity contribution in [3.05, 3.63) is 59.7 Å². The molecule has 0 spiro atoms. The smallest absolute Gasteiger partial charge is 0.0722 e. The van der Waals surface area contributed by atoms with E-state index in [2.05, 4.69) is 48.5 Å². The van der Waals surface area contributed by atoms with E-state index in [9.17, 15) is 0 Å². The Morgan fingerprint density at radius 3 is 1.00 bits per heavy atom. The van der Waals surface area contributed by atoms with Crippen LogP contribution >= 0.6 is 0 Å². The summed E-state index contributed by atoms with van der Waals surface area (Å²) in [7, 11) is 3.59. The zero-order chi connectivity index (χ0) is 32.3. The summed E-state index contributed by atoms with van der Waals surface area (Å²) in [5, 5.41) is 5.19. The van der Waals surface area contributed by atoms with E-state index in [1.807, 2.05) is 0 Å². The van der Waals surface area contributed by atoms with Crippen LogP contribution in [0.25, 0.3) is 21.5 Å². The molecule has 4 nitrogen and oxygen atoms in total. The first-order valence-corrected chi connectivity index (χ1v) is 18.9. The number of hydrogen-bond acceptors (Lipinski definition) is 4. The van der Waals surface area contributed by atoms with Crippen molar-refractivity contribution in [3.63, 3.8) is 0 Å². The lowest BCUT2D eigenvalue weighted by Gasteiger charge is -2.12. The van der Waals surface area contributed by atoms with Gasteiger partial charge in [0.1, 0.15) is 0 Å². The second kappa shape index (κ2) is 26.0. The number of hydrogen-bond donors (Lipinski definition) is 0. The van der Waals surface area contributed by atoms with Crippen LogP contribution < -0.4 is 0 Å².